The molecule has 0 saturated heterocycles. The highest BCUT2D eigenvalue weighted by atomic mass is 79.9. The summed E-state index contributed by atoms with van der Waals surface area (Å²) in [6.07, 6.45) is 0. The highest BCUT2D eigenvalue weighted by Gasteiger charge is 1.98. The van der Waals surface area contributed by atoms with Crippen LogP contribution in [0.3, 0.4) is 0 Å². The third-order valence-electron chi connectivity index (χ3n) is 1.66. The van der Waals surface area contributed by atoms with E-state index in [2.05, 4.69) is 26.1 Å². The second-order valence-electron chi connectivity index (χ2n) is 2.54. The van der Waals surface area contributed by atoms with Gasteiger partial charge in [-0.05, 0) is 24.3 Å². The van der Waals surface area contributed by atoms with Gasteiger partial charge in [0.05, 0.1) is 5.52 Å². The van der Waals surface area contributed by atoms with Crippen molar-refractivity contribution in [1.29, 1.82) is 5.26 Å². The number of nitriles is 1. The van der Waals surface area contributed by atoms with E-state index in [1.807, 2.05) is 24.3 Å². The standard InChI is InChI=1S/C9H4BrN3/c10-7-1-2-9-6(3-7)4-8(5-11)12-13-9/h1-4H. The molecular weight excluding hydrogens is 230 g/mol. The maximum Gasteiger partial charge on any atom is 0.163 e. The Balaban J connectivity index is 2.77. The van der Waals surface area contributed by atoms with Crippen LogP contribution < -0.4 is 0 Å². The largest absolute Gasteiger partial charge is 0.191 e. The summed E-state index contributed by atoms with van der Waals surface area (Å²) in [5, 5.41) is 17.1. The SMILES string of the molecule is N#Cc1cc2cc(Br)ccc2nn1. The van der Waals surface area contributed by atoms with E-state index >= 15 is 0 Å². The van der Waals surface area contributed by atoms with Gasteiger partial charge in [-0.3, -0.25) is 0 Å². The summed E-state index contributed by atoms with van der Waals surface area (Å²) in [7, 11) is 0. The van der Waals surface area contributed by atoms with Crippen molar-refractivity contribution in [2.24, 2.45) is 0 Å². The Morgan fingerprint density at radius 2 is 2.08 bits per heavy atom. The Bertz CT molecular complexity index is 502. The quantitative estimate of drug-likeness (QED) is 0.702. The Morgan fingerprint density at radius 3 is 2.85 bits per heavy atom. The van der Waals surface area contributed by atoms with Crippen LogP contribution in [0.25, 0.3) is 10.9 Å². The zero-order chi connectivity index (χ0) is 9.26. The van der Waals surface area contributed by atoms with Gasteiger partial charge in [0.25, 0.3) is 0 Å². The average Bonchev–Trinajstić information content (AvgIpc) is 2.16. The lowest BCUT2D eigenvalue weighted by molar-refractivity contribution is 1.05. The van der Waals surface area contributed by atoms with E-state index in [0.29, 0.717) is 5.69 Å². The fourth-order valence-electron chi connectivity index (χ4n) is 1.07. The summed E-state index contributed by atoms with van der Waals surface area (Å²) in [4.78, 5) is 0. The monoisotopic (exact) mass is 233 g/mol. The number of hydrogen-bond donors (Lipinski definition) is 0. The molecule has 1 heterocycles. The summed E-state index contributed by atoms with van der Waals surface area (Å²) in [6.45, 7) is 0. The van der Waals surface area contributed by atoms with E-state index < -0.39 is 0 Å². The van der Waals surface area contributed by atoms with Crippen molar-refractivity contribution in [3.63, 3.8) is 0 Å². The molecule has 0 aliphatic heterocycles. The van der Waals surface area contributed by atoms with E-state index in [-0.39, 0.29) is 0 Å². The van der Waals surface area contributed by atoms with E-state index in [4.69, 9.17) is 5.26 Å². The second-order valence-corrected chi connectivity index (χ2v) is 3.46. The molecule has 0 aliphatic rings. The van der Waals surface area contributed by atoms with Crippen molar-refractivity contribution in [3.8, 4) is 6.07 Å². The van der Waals surface area contributed by atoms with Gasteiger partial charge in [0.15, 0.2) is 5.69 Å². The van der Waals surface area contributed by atoms with Crippen LogP contribution in [0.4, 0.5) is 0 Å². The zero-order valence-electron chi connectivity index (χ0n) is 6.53. The molecule has 0 unspecified atom stereocenters. The van der Waals surface area contributed by atoms with Gasteiger partial charge in [-0.1, -0.05) is 15.9 Å². The van der Waals surface area contributed by atoms with Crippen molar-refractivity contribution in [3.05, 3.63) is 34.4 Å². The summed E-state index contributed by atoms with van der Waals surface area (Å²) in [5.41, 5.74) is 1.13. The number of aromatic nitrogens is 2. The van der Waals surface area contributed by atoms with Gasteiger partial charge in [-0.15, -0.1) is 10.2 Å². The number of rotatable bonds is 0. The van der Waals surface area contributed by atoms with Gasteiger partial charge in [-0.25, -0.2) is 0 Å². The van der Waals surface area contributed by atoms with Gasteiger partial charge in [0, 0.05) is 9.86 Å². The molecule has 2 aromatic rings. The van der Waals surface area contributed by atoms with Crippen LogP contribution in [0, 0.1) is 11.3 Å². The number of nitrogens with zero attached hydrogens (tertiary/aromatic N) is 3. The fraction of sp³-hybridized carbons (Fsp3) is 0. The molecule has 0 spiro atoms. The van der Waals surface area contributed by atoms with E-state index in [1.165, 1.54) is 0 Å². The number of hydrogen-bond acceptors (Lipinski definition) is 3. The molecule has 4 heteroatoms. The van der Waals surface area contributed by atoms with Crippen LogP contribution in [0.2, 0.25) is 0 Å². The minimum Gasteiger partial charge on any atom is -0.191 e. The van der Waals surface area contributed by atoms with Crippen LogP contribution in [-0.4, -0.2) is 10.2 Å². The minimum absolute atomic E-state index is 0.339. The molecule has 0 atom stereocenters. The Kier molecular flexibility index (Phi) is 1.95. The lowest BCUT2D eigenvalue weighted by Gasteiger charge is -1.96. The van der Waals surface area contributed by atoms with Crippen LogP contribution >= 0.6 is 15.9 Å². The van der Waals surface area contributed by atoms with Gasteiger partial charge in [-0.2, -0.15) is 5.26 Å². The van der Waals surface area contributed by atoms with Crippen molar-refractivity contribution >= 4 is 26.8 Å². The Hall–Kier alpha value is -1.47. The van der Waals surface area contributed by atoms with Crippen LogP contribution in [-0.2, 0) is 0 Å². The average molecular weight is 234 g/mol. The van der Waals surface area contributed by atoms with Crippen molar-refractivity contribution in [1.82, 2.24) is 10.2 Å². The summed E-state index contributed by atoms with van der Waals surface area (Å²) in [5.74, 6) is 0. The van der Waals surface area contributed by atoms with Crippen molar-refractivity contribution in [2.45, 2.75) is 0 Å². The smallest absolute Gasteiger partial charge is 0.163 e. The van der Waals surface area contributed by atoms with Crippen molar-refractivity contribution < 1.29 is 0 Å². The van der Waals surface area contributed by atoms with E-state index in [0.717, 1.165) is 15.4 Å². The molecule has 0 fully saturated rings. The number of benzene rings is 1. The maximum atomic E-state index is 8.60. The molecule has 3 nitrogen and oxygen atoms in total. The molecule has 62 valence electrons. The molecule has 0 radical (unpaired) electrons. The lowest BCUT2D eigenvalue weighted by atomic mass is 10.2. The first-order valence-corrected chi connectivity index (χ1v) is 4.42. The normalized spacial score (nSPS) is 9.85. The first-order valence-electron chi connectivity index (χ1n) is 3.63. The molecule has 0 N–H and O–H groups in total. The molecule has 13 heavy (non-hydrogen) atoms. The summed E-state index contributed by atoms with van der Waals surface area (Å²) < 4.78 is 0.969. The molecule has 2 rings (SSSR count). The summed E-state index contributed by atoms with van der Waals surface area (Å²) in [6, 6.07) is 9.32. The predicted octanol–water partition coefficient (Wildman–Crippen LogP) is 2.26. The van der Waals surface area contributed by atoms with E-state index in [9.17, 15) is 0 Å². The molecule has 0 amide bonds. The van der Waals surface area contributed by atoms with Gasteiger partial charge >= 0.3 is 0 Å². The van der Waals surface area contributed by atoms with E-state index in [1.54, 1.807) is 6.07 Å². The first kappa shape index (κ1) is 8.14. The second kappa shape index (κ2) is 3.11. The Morgan fingerprint density at radius 1 is 1.23 bits per heavy atom. The molecule has 0 aliphatic carbocycles. The topological polar surface area (TPSA) is 49.6 Å². The number of fused-ring (bicyclic) bond motifs is 1. The van der Waals surface area contributed by atoms with Crippen LogP contribution in [0.1, 0.15) is 5.69 Å². The molecule has 0 saturated carbocycles. The minimum atomic E-state index is 0.339. The van der Waals surface area contributed by atoms with Crippen LogP contribution in [0.5, 0.6) is 0 Å². The van der Waals surface area contributed by atoms with Crippen molar-refractivity contribution in [2.75, 3.05) is 0 Å². The lowest BCUT2D eigenvalue weighted by Crippen LogP contribution is -1.87. The third kappa shape index (κ3) is 1.51. The highest BCUT2D eigenvalue weighted by molar-refractivity contribution is 9.10. The predicted molar refractivity (Wildman–Crippen MR) is 52.0 cm³/mol. The van der Waals surface area contributed by atoms with Gasteiger partial charge in [0.1, 0.15) is 6.07 Å². The highest BCUT2D eigenvalue weighted by Crippen LogP contribution is 2.17. The number of halogens is 1. The zero-order valence-corrected chi connectivity index (χ0v) is 8.12. The third-order valence-corrected chi connectivity index (χ3v) is 2.16. The molecule has 1 aromatic carbocycles. The maximum absolute atomic E-state index is 8.60. The Labute approximate surface area is 83.1 Å². The molecule has 1 aromatic heterocycles. The molecular formula is C9H4BrN3. The first-order chi connectivity index (χ1) is 6.29. The van der Waals surface area contributed by atoms with Gasteiger partial charge < -0.3 is 0 Å². The van der Waals surface area contributed by atoms with Gasteiger partial charge in [0.2, 0.25) is 0 Å². The fourth-order valence-corrected chi connectivity index (χ4v) is 1.45. The molecule has 0 bridgehead atoms. The van der Waals surface area contributed by atoms with Crippen LogP contribution in [0.15, 0.2) is 28.7 Å². The summed E-state index contributed by atoms with van der Waals surface area (Å²) >= 11 is 3.35.